The van der Waals surface area contributed by atoms with Crippen molar-refractivity contribution in [1.82, 2.24) is 9.80 Å². The average Bonchev–Trinajstić information content (AvgIpc) is 2.69. The van der Waals surface area contributed by atoms with Crippen LogP contribution in [0.2, 0.25) is 0 Å². The Labute approximate surface area is 178 Å². The molecule has 0 bridgehead atoms. The number of piperazine rings is 1. The fourth-order valence-corrected chi connectivity index (χ4v) is 3.82. The molecule has 2 aliphatic rings. The summed E-state index contributed by atoms with van der Waals surface area (Å²) in [6.07, 6.45) is 0.525. The van der Waals surface area contributed by atoms with E-state index in [2.05, 4.69) is 0 Å². The van der Waals surface area contributed by atoms with E-state index in [-0.39, 0.29) is 24.2 Å². The van der Waals surface area contributed by atoms with E-state index in [4.69, 9.17) is 15.2 Å². The van der Waals surface area contributed by atoms with Crippen LogP contribution in [-0.4, -0.2) is 72.6 Å². The molecular weight excluding hydrogens is 394 g/mol. The van der Waals surface area contributed by atoms with Crippen LogP contribution in [0.15, 0.2) is 18.2 Å². The van der Waals surface area contributed by atoms with Crippen molar-refractivity contribution in [3.8, 4) is 5.75 Å². The van der Waals surface area contributed by atoms with Gasteiger partial charge in [-0.05, 0) is 45.2 Å². The van der Waals surface area contributed by atoms with E-state index in [0.717, 1.165) is 16.9 Å². The van der Waals surface area contributed by atoms with Crippen LogP contribution < -0.4 is 10.5 Å². The molecular formula is C21H32ClN3O4. The minimum absolute atomic E-state index is 0. The monoisotopic (exact) mass is 425 g/mol. The maximum Gasteiger partial charge on any atom is 0.263 e. The molecule has 2 saturated heterocycles. The summed E-state index contributed by atoms with van der Waals surface area (Å²) in [7, 11) is 0. The molecule has 7 nitrogen and oxygen atoms in total. The zero-order valence-electron chi connectivity index (χ0n) is 17.5. The molecule has 1 aromatic rings. The minimum atomic E-state index is -0.830. The number of carbonyl (C=O) groups excluding carboxylic acids is 2. The number of benzene rings is 1. The molecule has 3 rings (SSSR count). The smallest absolute Gasteiger partial charge is 0.263 e. The molecule has 2 heterocycles. The van der Waals surface area contributed by atoms with E-state index in [1.165, 1.54) is 0 Å². The Morgan fingerprint density at radius 1 is 1.10 bits per heavy atom. The first-order chi connectivity index (χ1) is 13.3. The second kappa shape index (κ2) is 9.78. The highest BCUT2D eigenvalue weighted by Crippen LogP contribution is 2.23. The molecule has 162 valence electrons. The van der Waals surface area contributed by atoms with Crippen molar-refractivity contribution in [3.05, 3.63) is 29.3 Å². The lowest BCUT2D eigenvalue weighted by molar-refractivity contribution is -0.147. The molecule has 2 amide bonds. The van der Waals surface area contributed by atoms with E-state index in [1.54, 1.807) is 16.7 Å². The van der Waals surface area contributed by atoms with E-state index in [9.17, 15) is 9.59 Å². The predicted octanol–water partition coefficient (Wildman–Crippen LogP) is 1.67. The molecule has 2 aliphatic heterocycles. The molecule has 8 heteroatoms. The van der Waals surface area contributed by atoms with Gasteiger partial charge in [-0.15, -0.1) is 12.4 Å². The molecule has 1 atom stereocenters. The highest BCUT2D eigenvalue weighted by molar-refractivity contribution is 5.87. The fraction of sp³-hybridized carbons (Fsp3) is 0.619. The van der Waals surface area contributed by atoms with Gasteiger partial charge in [-0.25, -0.2) is 0 Å². The van der Waals surface area contributed by atoms with Crippen LogP contribution in [0.5, 0.6) is 5.75 Å². The van der Waals surface area contributed by atoms with Gasteiger partial charge in [-0.2, -0.15) is 0 Å². The van der Waals surface area contributed by atoms with E-state index >= 15 is 0 Å². The van der Waals surface area contributed by atoms with Crippen LogP contribution >= 0.6 is 12.4 Å². The number of carbonyl (C=O) groups is 2. The lowest BCUT2D eigenvalue weighted by Crippen LogP contribution is -2.62. The van der Waals surface area contributed by atoms with Crippen molar-refractivity contribution in [2.45, 2.75) is 45.3 Å². The number of aryl methyl sites for hydroxylation is 2. The molecule has 0 radical (unpaired) electrons. The third-order valence-electron chi connectivity index (χ3n) is 5.67. The highest BCUT2D eigenvalue weighted by Gasteiger charge is 2.40. The van der Waals surface area contributed by atoms with Crippen molar-refractivity contribution in [2.24, 2.45) is 5.73 Å². The Balaban J connectivity index is 0.00000300. The summed E-state index contributed by atoms with van der Waals surface area (Å²) >= 11 is 0. The van der Waals surface area contributed by atoms with Gasteiger partial charge >= 0.3 is 0 Å². The molecule has 1 aromatic carbocycles. The molecule has 1 unspecified atom stereocenters. The number of nitrogens with zero attached hydrogens (tertiary/aromatic N) is 2. The SMILES string of the molecule is Cc1ccc(OC(C)C(=O)N2CCN(C(=O)C3(N)CCOCC3)CC2)c(C)c1.Cl. The Kier molecular flexibility index (Phi) is 7.91. The fourth-order valence-electron chi connectivity index (χ4n) is 3.82. The first kappa shape index (κ1) is 23.4. The molecule has 29 heavy (non-hydrogen) atoms. The predicted molar refractivity (Wildman–Crippen MR) is 113 cm³/mol. The Bertz CT molecular complexity index is 729. The van der Waals surface area contributed by atoms with Crippen LogP contribution in [-0.2, 0) is 14.3 Å². The van der Waals surface area contributed by atoms with Gasteiger partial charge in [0.2, 0.25) is 5.91 Å². The summed E-state index contributed by atoms with van der Waals surface area (Å²) in [5.74, 6) is 0.646. The second-order valence-electron chi connectivity index (χ2n) is 7.92. The van der Waals surface area contributed by atoms with Crippen molar-refractivity contribution in [2.75, 3.05) is 39.4 Å². The van der Waals surface area contributed by atoms with E-state index in [0.29, 0.717) is 52.2 Å². The van der Waals surface area contributed by atoms with Crippen molar-refractivity contribution in [1.29, 1.82) is 0 Å². The minimum Gasteiger partial charge on any atom is -0.481 e. The van der Waals surface area contributed by atoms with Crippen LogP contribution in [0, 0.1) is 13.8 Å². The number of ether oxygens (including phenoxy) is 2. The number of hydrogen-bond donors (Lipinski definition) is 1. The zero-order valence-corrected chi connectivity index (χ0v) is 18.3. The van der Waals surface area contributed by atoms with Gasteiger partial charge in [0, 0.05) is 39.4 Å². The van der Waals surface area contributed by atoms with Crippen LogP contribution in [0.3, 0.4) is 0 Å². The third-order valence-corrected chi connectivity index (χ3v) is 5.67. The van der Waals surface area contributed by atoms with Crippen molar-refractivity contribution in [3.63, 3.8) is 0 Å². The first-order valence-electron chi connectivity index (χ1n) is 9.99. The molecule has 0 aliphatic carbocycles. The second-order valence-corrected chi connectivity index (χ2v) is 7.92. The summed E-state index contributed by atoms with van der Waals surface area (Å²) in [4.78, 5) is 29.1. The summed E-state index contributed by atoms with van der Waals surface area (Å²) in [5.41, 5.74) is 7.66. The number of halogens is 1. The van der Waals surface area contributed by atoms with Crippen LogP contribution in [0.4, 0.5) is 0 Å². The van der Waals surface area contributed by atoms with Crippen molar-refractivity contribution >= 4 is 24.2 Å². The quantitative estimate of drug-likeness (QED) is 0.793. The van der Waals surface area contributed by atoms with Gasteiger partial charge in [0.25, 0.3) is 5.91 Å². The highest BCUT2D eigenvalue weighted by atomic mass is 35.5. The summed E-state index contributed by atoms with van der Waals surface area (Å²) in [5, 5.41) is 0. The lowest BCUT2D eigenvalue weighted by atomic mass is 9.89. The van der Waals surface area contributed by atoms with Gasteiger partial charge in [-0.1, -0.05) is 17.7 Å². The molecule has 0 aromatic heterocycles. The number of nitrogens with two attached hydrogens (primary N) is 1. The summed E-state index contributed by atoms with van der Waals surface area (Å²) in [6, 6.07) is 5.92. The Morgan fingerprint density at radius 3 is 2.28 bits per heavy atom. The molecule has 2 fully saturated rings. The maximum absolute atomic E-state index is 12.8. The largest absolute Gasteiger partial charge is 0.481 e. The lowest BCUT2D eigenvalue weighted by Gasteiger charge is -2.41. The molecule has 2 N–H and O–H groups in total. The number of amides is 2. The Hall–Kier alpha value is -1.83. The summed E-state index contributed by atoms with van der Waals surface area (Å²) in [6.45, 7) is 8.82. The molecule has 0 saturated carbocycles. The summed E-state index contributed by atoms with van der Waals surface area (Å²) < 4.78 is 11.2. The Morgan fingerprint density at radius 2 is 1.69 bits per heavy atom. The van der Waals surface area contributed by atoms with E-state index < -0.39 is 11.6 Å². The van der Waals surface area contributed by atoms with Crippen LogP contribution in [0.25, 0.3) is 0 Å². The topological polar surface area (TPSA) is 85.1 Å². The first-order valence-corrected chi connectivity index (χ1v) is 9.99. The normalized spacial score (nSPS) is 19.9. The van der Waals surface area contributed by atoms with Crippen molar-refractivity contribution < 1.29 is 19.1 Å². The van der Waals surface area contributed by atoms with E-state index in [1.807, 2.05) is 32.0 Å². The van der Waals surface area contributed by atoms with Gasteiger partial charge in [-0.3, -0.25) is 9.59 Å². The molecule has 0 spiro atoms. The van der Waals surface area contributed by atoms with Gasteiger partial charge in [0.1, 0.15) is 5.75 Å². The number of hydrogen-bond acceptors (Lipinski definition) is 5. The number of rotatable bonds is 4. The van der Waals surface area contributed by atoms with Crippen LogP contribution in [0.1, 0.15) is 30.9 Å². The van der Waals surface area contributed by atoms with Gasteiger partial charge in [0.05, 0.1) is 5.54 Å². The average molecular weight is 426 g/mol. The maximum atomic E-state index is 12.8. The van der Waals surface area contributed by atoms with Gasteiger partial charge in [0.15, 0.2) is 6.10 Å². The zero-order chi connectivity index (χ0) is 20.3. The van der Waals surface area contributed by atoms with Gasteiger partial charge < -0.3 is 25.0 Å². The standard InChI is InChI=1S/C21H31N3O4.ClH/c1-15-4-5-18(16(2)14-15)28-17(3)19(25)23-8-10-24(11-9-23)20(26)21(22)6-12-27-13-7-21;/h4-5,14,17H,6-13,22H2,1-3H3;1H. The third kappa shape index (κ3) is 5.41.